The van der Waals surface area contributed by atoms with Crippen LogP contribution in [0.1, 0.15) is 18.2 Å². The van der Waals surface area contributed by atoms with Gasteiger partial charge in [-0.05, 0) is 36.8 Å². The van der Waals surface area contributed by atoms with Crippen LogP contribution in [0.2, 0.25) is 0 Å². The molecule has 0 aliphatic heterocycles. The van der Waals surface area contributed by atoms with Crippen molar-refractivity contribution in [2.24, 2.45) is 4.99 Å². The van der Waals surface area contributed by atoms with Crippen LogP contribution in [0.4, 0.5) is 0 Å². The van der Waals surface area contributed by atoms with Gasteiger partial charge in [0.1, 0.15) is 5.75 Å². The summed E-state index contributed by atoms with van der Waals surface area (Å²) in [5, 5.41) is 6.51. The standard InChI is InChI=1S/C17H22N4O.HI/c1-3-18-17(21-13-15-6-4-5-11-19-15)20-12-14-7-9-16(22-2)10-8-14;/h4-11H,3,12-13H2,1-2H3,(H2,18,20,21);1H. The van der Waals surface area contributed by atoms with Gasteiger partial charge in [-0.25, -0.2) is 4.99 Å². The number of benzene rings is 1. The van der Waals surface area contributed by atoms with Crippen LogP contribution in [-0.2, 0) is 13.1 Å². The van der Waals surface area contributed by atoms with Gasteiger partial charge in [-0.1, -0.05) is 18.2 Å². The van der Waals surface area contributed by atoms with E-state index in [1.807, 2.05) is 49.4 Å². The fourth-order valence-corrected chi connectivity index (χ4v) is 1.92. The highest BCUT2D eigenvalue weighted by atomic mass is 127. The molecule has 2 aromatic rings. The second kappa shape index (κ2) is 10.8. The Morgan fingerprint density at radius 3 is 2.52 bits per heavy atom. The maximum atomic E-state index is 5.15. The van der Waals surface area contributed by atoms with E-state index in [-0.39, 0.29) is 24.0 Å². The van der Waals surface area contributed by atoms with Crippen molar-refractivity contribution >= 4 is 29.9 Å². The van der Waals surface area contributed by atoms with Gasteiger partial charge in [-0.2, -0.15) is 0 Å². The first kappa shape index (κ1) is 19.2. The molecule has 0 spiro atoms. The molecule has 0 unspecified atom stereocenters. The zero-order valence-electron chi connectivity index (χ0n) is 13.5. The molecule has 0 amide bonds. The van der Waals surface area contributed by atoms with Gasteiger partial charge in [0.25, 0.3) is 0 Å². The smallest absolute Gasteiger partial charge is 0.191 e. The molecule has 0 saturated carbocycles. The molecular weight excluding hydrogens is 403 g/mol. The van der Waals surface area contributed by atoms with E-state index in [0.717, 1.165) is 29.5 Å². The molecule has 0 radical (unpaired) electrons. The van der Waals surface area contributed by atoms with Crippen molar-refractivity contribution in [1.82, 2.24) is 15.6 Å². The van der Waals surface area contributed by atoms with E-state index in [0.29, 0.717) is 13.1 Å². The van der Waals surface area contributed by atoms with Gasteiger partial charge in [0, 0.05) is 12.7 Å². The lowest BCUT2D eigenvalue weighted by Gasteiger charge is -2.11. The summed E-state index contributed by atoms with van der Waals surface area (Å²) in [5.74, 6) is 1.64. The minimum atomic E-state index is 0. The molecule has 23 heavy (non-hydrogen) atoms. The van der Waals surface area contributed by atoms with Crippen LogP contribution in [0.25, 0.3) is 0 Å². The molecule has 0 atom stereocenters. The van der Waals surface area contributed by atoms with Crippen LogP contribution in [0, 0.1) is 0 Å². The Bertz CT molecular complexity index is 587. The third-order valence-corrected chi connectivity index (χ3v) is 3.09. The highest BCUT2D eigenvalue weighted by Gasteiger charge is 1.99. The number of guanidine groups is 1. The normalized spacial score (nSPS) is 10.6. The molecule has 0 bridgehead atoms. The number of ether oxygens (including phenoxy) is 1. The fraction of sp³-hybridized carbons (Fsp3) is 0.294. The van der Waals surface area contributed by atoms with Gasteiger partial charge in [0.2, 0.25) is 0 Å². The summed E-state index contributed by atoms with van der Waals surface area (Å²) in [6, 6.07) is 13.8. The zero-order chi connectivity index (χ0) is 15.6. The van der Waals surface area contributed by atoms with Crippen molar-refractivity contribution < 1.29 is 4.74 Å². The molecule has 124 valence electrons. The van der Waals surface area contributed by atoms with Crippen LogP contribution in [0.15, 0.2) is 53.7 Å². The Labute approximate surface area is 154 Å². The summed E-state index contributed by atoms with van der Waals surface area (Å²) in [6.45, 7) is 4.12. The van der Waals surface area contributed by atoms with Crippen LogP contribution in [-0.4, -0.2) is 24.6 Å². The number of aliphatic imine (C=N–C) groups is 1. The first-order valence-corrected chi connectivity index (χ1v) is 7.37. The largest absolute Gasteiger partial charge is 0.497 e. The lowest BCUT2D eigenvalue weighted by molar-refractivity contribution is 0.414. The molecule has 2 rings (SSSR count). The third kappa shape index (κ3) is 6.85. The van der Waals surface area contributed by atoms with Crippen molar-refractivity contribution in [2.45, 2.75) is 20.0 Å². The summed E-state index contributed by atoms with van der Waals surface area (Å²) in [6.07, 6.45) is 1.79. The Morgan fingerprint density at radius 1 is 1.13 bits per heavy atom. The van der Waals surface area contributed by atoms with Crippen LogP contribution in [0.3, 0.4) is 0 Å². The molecule has 0 aliphatic carbocycles. The summed E-state index contributed by atoms with van der Waals surface area (Å²) in [7, 11) is 1.66. The molecule has 1 aromatic heterocycles. The van der Waals surface area contributed by atoms with E-state index < -0.39 is 0 Å². The van der Waals surface area contributed by atoms with E-state index >= 15 is 0 Å². The summed E-state index contributed by atoms with van der Waals surface area (Å²) in [4.78, 5) is 8.87. The molecule has 0 saturated heterocycles. The maximum absolute atomic E-state index is 5.15. The van der Waals surface area contributed by atoms with E-state index in [1.165, 1.54) is 0 Å². The van der Waals surface area contributed by atoms with Crippen molar-refractivity contribution in [1.29, 1.82) is 0 Å². The monoisotopic (exact) mass is 426 g/mol. The predicted molar refractivity (Wildman–Crippen MR) is 104 cm³/mol. The third-order valence-electron chi connectivity index (χ3n) is 3.09. The number of aromatic nitrogens is 1. The van der Waals surface area contributed by atoms with Crippen LogP contribution < -0.4 is 15.4 Å². The Morgan fingerprint density at radius 2 is 1.91 bits per heavy atom. The first-order valence-electron chi connectivity index (χ1n) is 7.37. The second-order valence-electron chi connectivity index (χ2n) is 4.72. The molecule has 5 nitrogen and oxygen atoms in total. The average Bonchev–Trinajstić information content (AvgIpc) is 2.59. The predicted octanol–water partition coefficient (Wildman–Crippen LogP) is 2.96. The SMILES string of the molecule is CCNC(=NCc1ccc(OC)cc1)NCc1ccccn1.I. The quantitative estimate of drug-likeness (QED) is 0.424. The Balaban J connectivity index is 0.00000264. The summed E-state index contributed by atoms with van der Waals surface area (Å²) in [5.41, 5.74) is 2.12. The van der Waals surface area contributed by atoms with Crippen molar-refractivity contribution in [3.63, 3.8) is 0 Å². The maximum Gasteiger partial charge on any atom is 0.191 e. The number of hydrogen-bond acceptors (Lipinski definition) is 3. The van der Waals surface area contributed by atoms with Gasteiger partial charge in [-0.15, -0.1) is 24.0 Å². The zero-order valence-corrected chi connectivity index (χ0v) is 15.8. The second-order valence-corrected chi connectivity index (χ2v) is 4.72. The summed E-state index contributed by atoms with van der Waals surface area (Å²) < 4.78 is 5.15. The number of nitrogens with one attached hydrogen (secondary N) is 2. The van der Waals surface area contributed by atoms with E-state index in [1.54, 1.807) is 13.3 Å². The van der Waals surface area contributed by atoms with Crippen molar-refractivity contribution in [2.75, 3.05) is 13.7 Å². The number of rotatable bonds is 6. The molecule has 0 fully saturated rings. The lowest BCUT2D eigenvalue weighted by atomic mass is 10.2. The number of methoxy groups -OCH3 is 1. The van der Waals surface area contributed by atoms with Crippen LogP contribution >= 0.6 is 24.0 Å². The van der Waals surface area contributed by atoms with Gasteiger partial charge in [0.15, 0.2) is 5.96 Å². The molecule has 0 aliphatic rings. The van der Waals surface area contributed by atoms with E-state index in [4.69, 9.17) is 4.74 Å². The van der Waals surface area contributed by atoms with Gasteiger partial charge in [-0.3, -0.25) is 4.98 Å². The highest BCUT2D eigenvalue weighted by molar-refractivity contribution is 14.0. The minimum absolute atomic E-state index is 0. The summed E-state index contributed by atoms with van der Waals surface area (Å²) >= 11 is 0. The average molecular weight is 426 g/mol. The minimum Gasteiger partial charge on any atom is -0.497 e. The lowest BCUT2D eigenvalue weighted by Crippen LogP contribution is -2.36. The first-order chi connectivity index (χ1) is 10.8. The Kier molecular flexibility index (Phi) is 9.04. The van der Waals surface area contributed by atoms with Crippen molar-refractivity contribution in [3.05, 3.63) is 59.9 Å². The highest BCUT2D eigenvalue weighted by Crippen LogP contribution is 2.11. The number of nitrogens with zero attached hydrogens (tertiary/aromatic N) is 2. The molecule has 1 heterocycles. The van der Waals surface area contributed by atoms with Gasteiger partial charge < -0.3 is 15.4 Å². The number of pyridine rings is 1. The van der Waals surface area contributed by atoms with Crippen molar-refractivity contribution in [3.8, 4) is 5.75 Å². The fourth-order valence-electron chi connectivity index (χ4n) is 1.92. The topological polar surface area (TPSA) is 58.5 Å². The molecule has 6 heteroatoms. The van der Waals surface area contributed by atoms with Gasteiger partial charge >= 0.3 is 0 Å². The van der Waals surface area contributed by atoms with E-state index in [9.17, 15) is 0 Å². The van der Waals surface area contributed by atoms with Crippen LogP contribution in [0.5, 0.6) is 5.75 Å². The molecule has 2 N–H and O–H groups in total. The van der Waals surface area contributed by atoms with E-state index in [2.05, 4.69) is 20.6 Å². The molecular formula is C17H23IN4O. The number of hydrogen-bond donors (Lipinski definition) is 2. The Hall–Kier alpha value is -1.83. The number of halogens is 1. The van der Waals surface area contributed by atoms with Gasteiger partial charge in [0.05, 0.1) is 25.9 Å². The molecule has 1 aromatic carbocycles.